The number of hydrogen-bond acceptors (Lipinski definition) is 4. The summed E-state index contributed by atoms with van der Waals surface area (Å²) in [5.74, 6) is 0. The number of aliphatic hydroxyl groups is 1. The van der Waals surface area contributed by atoms with Gasteiger partial charge < -0.3 is 9.84 Å². The molecule has 1 unspecified atom stereocenters. The summed E-state index contributed by atoms with van der Waals surface area (Å²) < 4.78 is 5.45. The molecular formula is C14H22N2O2. The van der Waals surface area contributed by atoms with Gasteiger partial charge in [-0.15, -0.1) is 0 Å². The van der Waals surface area contributed by atoms with Crippen molar-refractivity contribution in [3.05, 3.63) is 30.1 Å². The van der Waals surface area contributed by atoms with Gasteiger partial charge in [-0.3, -0.25) is 9.88 Å². The van der Waals surface area contributed by atoms with Crippen molar-refractivity contribution in [2.45, 2.75) is 19.9 Å². The highest BCUT2D eigenvalue weighted by atomic mass is 16.5. The highest BCUT2D eigenvalue weighted by Crippen LogP contribution is 2.29. The van der Waals surface area contributed by atoms with Gasteiger partial charge in [0.15, 0.2) is 0 Å². The molecule has 0 aromatic carbocycles. The fourth-order valence-electron chi connectivity index (χ4n) is 2.45. The first-order chi connectivity index (χ1) is 8.78. The van der Waals surface area contributed by atoms with Crippen molar-refractivity contribution in [1.82, 2.24) is 9.88 Å². The standard InChI is InChI=1S/C14H22N2O2/c1-2-16(9-13-3-6-15-7-4-13)10-14(11-17)5-8-18-12-14/h3-4,6-7,17H,2,5,8-12H2,1H3. The molecule has 1 saturated heterocycles. The number of nitrogens with zero attached hydrogens (tertiary/aromatic N) is 2. The minimum Gasteiger partial charge on any atom is -0.396 e. The van der Waals surface area contributed by atoms with Gasteiger partial charge in [0.2, 0.25) is 0 Å². The molecule has 0 bridgehead atoms. The third-order valence-corrected chi connectivity index (χ3v) is 3.68. The summed E-state index contributed by atoms with van der Waals surface area (Å²) in [7, 11) is 0. The molecule has 0 aliphatic carbocycles. The molecule has 0 saturated carbocycles. The molecule has 1 aliphatic heterocycles. The first-order valence-electron chi connectivity index (χ1n) is 6.58. The summed E-state index contributed by atoms with van der Waals surface area (Å²) in [4.78, 5) is 6.39. The van der Waals surface area contributed by atoms with Crippen LogP contribution in [0.2, 0.25) is 0 Å². The Bertz CT molecular complexity index is 350. The number of pyridine rings is 1. The Hall–Kier alpha value is -0.970. The lowest BCUT2D eigenvalue weighted by molar-refractivity contribution is 0.0558. The lowest BCUT2D eigenvalue weighted by Gasteiger charge is -2.32. The fourth-order valence-corrected chi connectivity index (χ4v) is 2.45. The van der Waals surface area contributed by atoms with E-state index in [1.54, 1.807) is 0 Å². The molecule has 1 N–H and O–H groups in total. The van der Waals surface area contributed by atoms with Crippen molar-refractivity contribution in [1.29, 1.82) is 0 Å². The summed E-state index contributed by atoms with van der Waals surface area (Å²) in [6.45, 7) is 6.58. The van der Waals surface area contributed by atoms with Crippen LogP contribution in [0.15, 0.2) is 24.5 Å². The maximum absolute atomic E-state index is 9.61. The van der Waals surface area contributed by atoms with E-state index in [0.717, 1.165) is 32.7 Å². The third-order valence-electron chi connectivity index (χ3n) is 3.68. The van der Waals surface area contributed by atoms with Crippen LogP contribution in [0.3, 0.4) is 0 Å². The number of rotatable bonds is 6. The average molecular weight is 250 g/mol. The Morgan fingerprint density at radius 3 is 2.78 bits per heavy atom. The minimum absolute atomic E-state index is 0.0664. The first kappa shape index (κ1) is 13.5. The number of hydrogen-bond donors (Lipinski definition) is 1. The van der Waals surface area contributed by atoms with Crippen LogP contribution in [-0.4, -0.2) is 47.9 Å². The molecule has 18 heavy (non-hydrogen) atoms. The van der Waals surface area contributed by atoms with Crippen molar-refractivity contribution >= 4 is 0 Å². The van der Waals surface area contributed by atoms with Crippen LogP contribution in [-0.2, 0) is 11.3 Å². The minimum atomic E-state index is -0.0664. The Morgan fingerprint density at radius 2 is 2.22 bits per heavy atom. The number of aliphatic hydroxyl groups excluding tert-OH is 1. The topological polar surface area (TPSA) is 45.6 Å². The van der Waals surface area contributed by atoms with Gasteiger partial charge >= 0.3 is 0 Å². The van der Waals surface area contributed by atoms with Crippen molar-refractivity contribution in [2.75, 3.05) is 32.9 Å². The van der Waals surface area contributed by atoms with Crippen LogP contribution >= 0.6 is 0 Å². The Morgan fingerprint density at radius 1 is 1.44 bits per heavy atom. The molecule has 1 fully saturated rings. The van der Waals surface area contributed by atoms with Crippen molar-refractivity contribution in [2.24, 2.45) is 5.41 Å². The second-order valence-electron chi connectivity index (χ2n) is 5.12. The molecule has 2 heterocycles. The maximum atomic E-state index is 9.61. The zero-order valence-electron chi connectivity index (χ0n) is 11.0. The van der Waals surface area contributed by atoms with Crippen LogP contribution in [0.1, 0.15) is 18.9 Å². The predicted octanol–water partition coefficient (Wildman–Crippen LogP) is 1.30. The largest absolute Gasteiger partial charge is 0.396 e. The summed E-state index contributed by atoms with van der Waals surface area (Å²) in [6, 6.07) is 4.08. The lowest BCUT2D eigenvalue weighted by Crippen LogP contribution is -2.40. The second-order valence-corrected chi connectivity index (χ2v) is 5.12. The molecule has 1 aromatic heterocycles. The van der Waals surface area contributed by atoms with Gasteiger partial charge in [0, 0.05) is 37.5 Å². The molecule has 4 nitrogen and oxygen atoms in total. The van der Waals surface area contributed by atoms with Crippen molar-refractivity contribution in [3.63, 3.8) is 0 Å². The van der Waals surface area contributed by atoms with E-state index in [4.69, 9.17) is 4.74 Å². The maximum Gasteiger partial charge on any atom is 0.0557 e. The SMILES string of the molecule is CCN(Cc1ccncc1)CC1(CO)CCOC1. The van der Waals surface area contributed by atoms with E-state index in [1.165, 1.54) is 5.56 Å². The molecule has 0 spiro atoms. The summed E-state index contributed by atoms with van der Waals surface area (Å²) >= 11 is 0. The van der Waals surface area contributed by atoms with E-state index < -0.39 is 0 Å². The first-order valence-corrected chi connectivity index (χ1v) is 6.58. The zero-order chi connectivity index (χ0) is 12.8. The predicted molar refractivity (Wildman–Crippen MR) is 70.1 cm³/mol. The lowest BCUT2D eigenvalue weighted by atomic mass is 9.87. The number of ether oxygens (including phenoxy) is 1. The average Bonchev–Trinajstić information content (AvgIpc) is 2.88. The van der Waals surface area contributed by atoms with Gasteiger partial charge in [0.05, 0.1) is 13.2 Å². The fraction of sp³-hybridized carbons (Fsp3) is 0.643. The molecular weight excluding hydrogens is 228 g/mol. The van der Waals surface area contributed by atoms with Crippen molar-refractivity contribution in [3.8, 4) is 0 Å². The molecule has 0 amide bonds. The summed E-state index contributed by atoms with van der Waals surface area (Å²) in [6.07, 6.45) is 4.60. The van der Waals surface area contributed by atoms with E-state index in [9.17, 15) is 5.11 Å². The monoisotopic (exact) mass is 250 g/mol. The van der Waals surface area contributed by atoms with Crippen LogP contribution in [0.25, 0.3) is 0 Å². The molecule has 4 heteroatoms. The quantitative estimate of drug-likeness (QED) is 0.826. The van der Waals surface area contributed by atoms with E-state index in [2.05, 4.69) is 16.8 Å². The molecule has 1 aromatic rings. The molecule has 100 valence electrons. The Labute approximate surface area is 109 Å². The molecule has 1 atom stereocenters. The van der Waals surface area contributed by atoms with Crippen LogP contribution < -0.4 is 0 Å². The summed E-state index contributed by atoms with van der Waals surface area (Å²) in [5, 5.41) is 9.61. The zero-order valence-corrected chi connectivity index (χ0v) is 11.0. The normalized spacial score (nSPS) is 23.7. The van der Waals surface area contributed by atoms with Crippen LogP contribution in [0.5, 0.6) is 0 Å². The Kier molecular flexibility index (Phi) is 4.69. The van der Waals surface area contributed by atoms with Gasteiger partial charge in [-0.05, 0) is 30.7 Å². The van der Waals surface area contributed by atoms with Gasteiger partial charge in [-0.1, -0.05) is 6.92 Å². The molecule has 0 radical (unpaired) electrons. The van der Waals surface area contributed by atoms with E-state index in [1.807, 2.05) is 24.5 Å². The van der Waals surface area contributed by atoms with Crippen LogP contribution in [0.4, 0.5) is 0 Å². The van der Waals surface area contributed by atoms with E-state index >= 15 is 0 Å². The smallest absolute Gasteiger partial charge is 0.0557 e. The van der Waals surface area contributed by atoms with E-state index in [0.29, 0.717) is 6.61 Å². The van der Waals surface area contributed by atoms with Crippen molar-refractivity contribution < 1.29 is 9.84 Å². The second kappa shape index (κ2) is 6.27. The Balaban J connectivity index is 1.96. The molecule has 2 rings (SSSR count). The molecule has 1 aliphatic rings. The van der Waals surface area contributed by atoms with Gasteiger partial charge in [0.1, 0.15) is 0 Å². The highest BCUT2D eigenvalue weighted by Gasteiger charge is 2.35. The van der Waals surface area contributed by atoms with Gasteiger partial charge in [0.25, 0.3) is 0 Å². The summed E-state index contributed by atoms with van der Waals surface area (Å²) in [5.41, 5.74) is 1.20. The van der Waals surface area contributed by atoms with Gasteiger partial charge in [-0.2, -0.15) is 0 Å². The van der Waals surface area contributed by atoms with Crippen LogP contribution in [0, 0.1) is 5.41 Å². The highest BCUT2D eigenvalue weighted by molar-refractivity contribution is 5.09. The van der Waals surface area contributed by atoms with E-state index in [-0.39, 0.29) is 12.0 Å². The number of aromatic nitrogens is 1. The third kappa shape index (κ3) is 3.28. The van der Waals surface area contributed by atoms with Gasteiger partial charge in [-0.25, -0.2) is 0 Å².